The Balaban J connectivity index is 1.50. The Kier molecular flexibility index (Phi) is 10.4. The van der Waals surface area contributed by atoms with Crippen LogP contribution >= 0.6 is 0 Å². The van der Waals surface area contributed by atoms with Crippen molar-refractivity contribution in [2.24, 2.45) is 5.92 Å². The van der Waals surface area contributed by atoms with Gasteiger partial charge in [0.25, 0.3) is 0 Å². The zero-order valence-corrected chi connectivity index (χ0v) is 27.7. The van der Waals surface area contributed by atoms with E-state index in [2.05, 4.69) is 16.0 Å². The van der Waals surface area contributed by atoms with Crippen LogP contribution < -0.4 is 45.1 Å². The summed E-state index contributed by atoms with van der Waals surface area (Å²) in [6, 6.07) is 13.2. The first-order valence-corrected chi connectivity index (χ1v) is 15.9. The number of amides is 2. The van der Waals surface area contributed by atoms with Gasteiger partial charge in [0.1, 0.15) is 18.8 Å². The second-order valence-electron chi connectivity index (χ2n) is 11.8. The smallest absolute Gasteiger partial charge is 0.242 e. The van der Waals surface area contributed by atoms with E-state index in [1.165, 1.54) is 6.92 Å². The fourth-order valence-corrected chi connectivity index (χ4v) is 6.18. The van der Waals surface area contributed by atoms with Gasteiger partial charge in [0.05, 0.1) is 39.6 Å². The molecule has 3 aromatic rings. The molecule has 250 valence electrons. The minimum Gasteiger partial charge on any atom is -0.493 e. The number of para-hydroxylation sites is 2. The van der Waals surface area contributed by atoms with E-state index in [-0.39, 0.29) is 41.5 Å². The van der Waals surface area contributed by atoms with Crippen LogP contribution in [0.15, 0.2) is 53.3 Å². The summed E-state index contributed by atoms with van der Waals surface area (Å²) in [7, 11) is 4.66. The van der Waals surface area contributed by atoms with E-state index in [0.29, 0.717) is 65.7 Å². The second kappa shape index (κ2) is 14.7. The normalized spacial score (nSPS) is 17.5. The average Bonchev–Trinajstić information content (AvgIpc) is 3.32. The third-order valence-corrected chi connectivity index (χ3v) is 8.79. The number of nitrogens with one attached hydrogen (secondary N) is 3. The van der Waals surface area contributed by atoms with Crippen molar-refractivity contribution in [1.82, 2.24) is 10.6 Å². The highest BCUT2D eigenvalue weighted by molar-refractivity contribution is 5.86. The van der Waals surface area contributed by atoms with Crippen molar-refractivity contribution in [3.63, 3.8) is 0 Å². The Hall–Kier alpha value is -4.93. The maximum absolute atomic E-state index is 13.9. The van der Waals surface area contributed by atoms with Crippen LogP contribution in [0.25, 0.3) is 11.1 Å². The van der Waals surface area contributed by atoms with Crippen molar-refractivity contribution < 1.29 is 33.3 Å². The summed E-state index contributed by atoms with van der Waals surface area (Å²) in [6.07, 6.45) is 1.47. The minimum absolute atomic E-state index is 0.105. The molecule has 3 aromatic carbocycles. The number of ether oxygens (including phenoxy) is 5. The van der Waals surface area contributed by atoms with Crippen molar-refractivity contribution in [2.75, 3.05) is 39.8 Å². The van der Waals surface area contributed by atoms with Crippen LogP contribution in [0, 0.1) is 5.92 Å². The lowest BCUT2D eigenvalue weighted by atomic mass is 9.95. The molecule has 0 saturated heterocycles. The lowest BCUT2D eigenvalue weighted by molar-refractivity contribution is -0.123. The molecule has 3 N–H and O–H groups in total. The fourth-order valence-electron chi connectivity index (χ4n) is 6.18. The molecule has 2 amide bonds. The molecule has 0 aromatic heterocycles. The number of hydrogen-bond acceptors (Lipinski definition) is 9. The molecular formula is C36H43N3O8. The second-order valence-corrected chi connectivity index (χ2v) is 11.8. The van der Waals surface area contributed by atoms with Gasteiger partial charge in [-0.1, -0.05) is 38.5 Å². The lowest BCUT2D eigenvalue weighted by Gasteiger charge is -2.28. The highest BCUT2D eigenvalue weighted by atomic mass is 16.6. The molecule has 11 heteroatoms. The third kappa shape index (κ3) is 7.08. The molecule has 0 unspecified atom stereocenters. The van der Waals surface area contributed by atoms with Gasteiger partial charge in [-0.2, -0.15) is 0 Å². The first kappa shape index (κ1) is 33.4. The van der Waals surface area contributed by atoms with Gasteiger partial charge in [-0.25, -0.2) is 0 Å². The first-order valence-electron chi connectivity index (χ1n) is 15.9. The number of benzene rings is 2. The Morgan fingerprint density at radius 2 is 1.74 bits per heavy atom. The van der Waals surface area contributed by atoms with E-state index in [0.717, 1.165) is 11.1 Å². The van der Waals surface area contributed by atoms with Crippen LogP contribution in [0.3, 0.4) is 0 Å². The molecule has 0 spiro atoms. The number of carbonyl (C=O) groups excluding carboxylic acids is 2. The van der Waals surface area contributed by atoms with E-state index in [4.69, 9.17) is 23.7 Å². The summed E-state index contributed by atoms with van der Waals surface area (Å²) in [6.45, 7) is 5.96. The predicted molar refractivity (Wildman–Crippen MR) is 179 cm³/mol. The summed E-state index contributed by atoms with van der Waals surface area (Å²) in [5.74, 6) is 2.14. The molecule has 2 aliphatic rings. The molecule has 1 aliphatic carbocycles. The Labute approximate surface area is 274 Å². The van der Waals surface area contributed by atoms with Crippen molar-refractivity contribution in [1.29, 1.82) is 0 Å². The number of rotatable bonds is 11. The largest absolute Gasteiger partial charge is 0.493 e. The van der Waals surface area contributed by atoms with Gasteiger partial charge >= 0.3 is 0 Å². The molecule has 4 atom stereocenters. The summed E-state index contributed by atoms with van der Waals surface area (Å²) < 4.78 is 29.0. The topological polar surface area (TPSA) is 133 Å². The van der Waals surface area contributed by atoms with E-state index in [1.54, 1.807) is 33.5 Å². The quantitative estimate of drug-likeness (QED) is 0.273. The fraction of sp³-hybridized carbons (Fsp3) is 0.417. The van der Waals surface area contributed by atoms with Crippen LogP contribution in [-0.2, 0) is 16.0 Å². The van der Waals surface area contributed by atoms with E-state index in [1.807, 2.05) is 50.2 Å². The van der Waals surface area contributed by atoms with Crippen molar-refractivity contribution >= 4 is 17.5 Å². The lowest BCUT2D eigenvalue weighted by Crippen LogP contribution is -2.48. The molecule has 0 fully saturated rings. The maximum atomic E-state index is 13.9. The number of aryl methyl sites for hydroxylation is 1. The molecule has 5 rings (SSSR count). The summed E-state index contributed by atoms with van der Waals surface area (Å²) in [4.78, 5) is 39.8. The Morgan fingerprint density at radius 1 is 1.00 bits per heavy atom. The van der Waals surface area contributed by atoms with Crippen molar-refractivity contribution in [3.05, 3.63) is 69.9 Å². The van der Waals surface area contributed by atoms with E-state index >= 15 is 0 Å². The molecular weight excluding hydrogens is 602 g/mol. The summed E-state index contributed by atoms with van der Waals surface area (Å²) in [5.41, 5.74) is 2.97. The van der Waals surface area contributed by atoms with Gasteiger partial charge in [0.15, 0.2) is 23.0 Å². The SMILES string of the molecule is CC[C@@H](C)[C@H](Nc1ccc2c(cc1=O)[C@@H](NC(C)=O)CCc1cc(OC)c(OC)c(OC)c1-2)C(=O)NC[C@@H]1COc2ccccc2O1. The summed E-state index contributed by atoms with van der Waals surface area (Å²) >= 11 is 0. The third-order valence-electron chi connectivity index (χ3n) is 8.79. The maximum Gasteiger partial charge on any atom is 0.242 e. The monoisotopic (exact) mass is 645 g/mol. The number of anilines is 1. The molecule has 1 heterocycles. The van der Waals surface area contributed by atoms with Crippen molar-refractivity contribution in [2.45, 2.75) is 58.2 Å². The number of carbonyl (C=O) groups is 2. The molecule has 11 nitrogen and oxygen atoms in total. The Morgan fingerprint density at radius 3 is 2.43 bits per heavy atom. The number of fused-ring (bicyclic) bond motifs is 4. The molecule has 1 aliphatic heterocycles. The molecule has 0 saturated carbocycles. The van der Waals surface area contributed by atoms with Gasteiger partial charge in [0, 0.05) is 12.5 Å². The van der Waals surface area contributed by atoms with Gasteiger partial charge in [-0.15, -0.1) is 0 Å². The number of methoxy groups -OCH3 is 3. The zero-order chi connectivity index (χ0) is 33.7. The predicted octanol–water partition coefficient (Wildman–Crippen LogP) is 4.65. The number of hydrogen-bond donors (Lipinski definition) is 3. The van der Waals surface area contributed by atoms with Crippen LogP contribution in [0.1, 0.15) is 50.8 Å². The van der Waals surface area contributed by atoms with Crippen molar-refractivity contribution in [3.8, 4) is 39.9 Å². The standard InChI is InChI=1S/C36H43N3O8/c1-7-20(2)33(36(42)37-18-23-19-46-29-10-8-9-11-30(29)47-23)39-27-15-13-24-25(17-28(27)41)26(38-21(3)40)14-12-22-16-31(43-4)34(44-5)35(45-6)32(22)24/h8-11,13,15-17,20,23,26,33H,7,12,14,18-19H2,1-6H3,(H,37,42)(H,38,40)(H,39,41)/t20-,23-,26+,33+/m1/s1. The minimum atomic E-state index is -0.705. The average molecular weight is 646 g/mol. The van der Waals surface area contributed by atoms with Crippen LogP contribution in [-0.4, -0.2) is 58.4 Å². The molecule has 47 heavy (non-hydrogen) atoms. The van der Waals surface area contributed by atoms with Gasteiger partial charge in [-0.3, -0.25) is 14.4 Å². The zero-order valence-electron chi connectivity index (χ0n) is 27.7. The highest BCUT2D eigenvalue weighted by Crippen LogP contribution is 2.50. The molecule has 0 bridgehead atoms. The van der Waals surface area contributed by atoms with Crippen LogP contribution in [0.4, 0.5) is 5.69 Å². The summed E-state index contributed by atoms with van der Waals surface area (Å²) in [5, 5.41) is 9.26. The van der Waals surface area contributed by atoms with E-state index < -0.39 is 12.1 Å². The highest BCUT2D eigenvalue weighted by Gasteiger charge is 2.31. The first-order chi connectivity index (χ1) is 22.7. The molecule has 0 radical (unpaired) electrons. The van der Waals surface area contributed by atoms with E-state index in [9.17, 15) is 14.4 Å². The van der Waals surface area contributed by atoms with Gasteiger partial charge in [-0.05, 0) is 65.8 Å². The van der Waals surface area contributed by atoms with Gasteiger partial charge < -0.3 is 39.6 Å². The van der Waals surface area contributed by atoms with Crippen LogP contribution in [0.2, 0.25) is 0 Å². The van der Waals surface area contributed by atoms with Crippen LogP contribution in [0.5, 0.6) is 28.7 Å². The van der Waals surface area contributed by atoms with Gasteiger partial charge in [0.2, 0.25) is 23.0 Å². The Bertz CT molecular complexity index is 1690.